The number of para-hydroxylation sites is 1. The van der Waals surface area contributed by atoms with E-state index in [4.69, 9.17) is 0 Å². The van der Waals surface area contributed by atoms with E-state index in [0.717, 1.165) is 23.2 Å². The maximum Gasteiger partial charge on any atom is 0.255 e. The second-order valence-corrected chi connectivity index (χ2v) is 7.41. The van der Waals surface area contributed by atoms with Crippen molar-refractivity contribution in [1.82, 2.24) is 4.72 Å². The quantitative estimate of drug-likeness (QED) is 0.843. The largest absolute Gasteiger partial charge is 0.322 e. The highest BCUT2D eigenvalue weighted by Gasteiger charge is 2.15. The summed E-state index contributed by atoms with van der Waals surface area (Å²) < 4.78 is 26.6. The lowest BCUT2D eigenvalue weighted by Gasteiger charge is -2.12. The average Bonchev–Trinajstić information content (AvgIpc) is 2.56. The molecular formula is C18H22N2O3S. The number of aryl methyl sites for hydroxylation is 2. The van der Waals surface area contributed by atoms with E-state index >= 15 is 0 Å². The fourth-order valence-corrected chi connectivity index (χ4v) is 3.44. The van der Waals surface area contributed by atoms with Crippen molar-refractivity contribution in [1.29, 1.82) is 0 Å². The first kappa shape index (κ1) is 18.2. The van der Waals surface area contributed by atoms with Gasteiger partial charge in [0.15, 0.2) is 0 Å². The summed E-state index contributed by atoms with van der Waals surface area (Å²) in [5.74, 6) is -0.266. The predicted octanol–water partition coefficient (Wildman–Crippen LogP) is 3.24. The van der Waals surface area contributed by atoms with Crippen LogP contribution < -0.4 is 10.0 Å². The zero-order valence-electron chi connectivity index (χ0n) is 14.1. The van der Waals surface area contributed by atoms with E-state index in [-0.39, 0.29) is 10.8 Å². The number of nitrogens with one attached hydrogen (secondary N) is 2. The van der Waals surface area contributed by atoms with Crippen molar-refractivity contribution < 1.29 is 13.2 Å². The molecule has 0 aliphatic carbocycles. The fourth-order valence-electron chi connectivity index (χ4n) is 2.30. The Kier molecular flexibility index (Phi) is 5.75. The molecule has 0 aromatic heterocycles. The molecule has 0 radical (unpaired) electrons. The monoisotopic (exact) mass is 346 g/mol. The Morgan fingerprint density at radius 1 is 1.00 bits per heavy atom. The Bertz CT molecular complexity index is 808. The lowest BCUT2D eigenvalue weighted by atomic mass is 10.1. The maximum atomic E-state index is 12.4. The van der Waals surface area contributed by atoms with Crippen molar-refractivity contribution >= 4 is 21.6 Å². The van der Waals surface area contributed by atoms with Crippen molar-refractivity contribution in [3.05, 3.63) is 59.2 Å². The molecule has 2 N–H and O–H groups in total. The Morgan fingerprint density at radius 3 is 2.12 bits per heavy atom. The number of sulfonamides is 1. The van der Waals surface area contributed by atoms with E-state index < -0.39 is 10.0 Å². The van der Waals surface area contributed by atoms with E-state index in [2.05, 4.69) is 10.0 Å². The fraction of sp³-hybridized carbons (Fsp3) is 0.278. The molecule has 0 atom stereocenters. The van der Waals surface area contributed by atoms with Crippen molar-refractivity contribution in [2.75, 3.05) is 11.9 Å². The van der Waals surface area contributed by atoms with Gasteiger partial charge in [0, 0.05) is 17.8 Å². The molecule has 5 nitrogen and oxygen atoms in total. The van der Waals surface area contributed by atoms with E-state index in [1.165, 1.54) is 24.3 Å². The zero-order chi connectivity index (χ0) is 17.7. The Balaban J connectivity index is 2.17. The normalized spacial score (nSPS) is 11.3. The van der Waals surface area contributed by atoms with Crippen LogP contribution in [0.25, 0.3) is 0 Å². The van der Waals surface area contributed by atoms with Gasteiger partial charge in [0.2, 0.25) is 10.0 Å². The molecule has 0 spiro atoms. The predicted molar refractivity (Wildman–Crippen MR) is 95.8 cm³/mol. The summed E-state index contributed by atoms with van der Waals surface area (Å²) in [6.07, 6.45) is 0.718. The minimum atomic E-state index is -3.52. The summed E-state index contributed by atoms with van der Waals surface area (Å²) >= 11 is 0. The maximum absolute atomic E-state index is 12.4. The van der Waals surface area contributed by atoms with Gasteiger partial charge in [0.25, 0.3) is 5.91 Å². The smallest absolute Gasteiger partial charge is 0.255 e. The Labute approximate surface area is 143 Å². The topological polar surface area (TPSA) is 75.3 Å². The number of carbonyl (C=O) groups excluding carboxylic acids is 1. The molecule has 0 saturated heterocycles. The number of anilines is 1. The molecule has 0 bridgehead atoms. The molecule has 1 amide bonds. The van der Waals surface area contributed by atoms with Crippen LogP contribution in [-0.2, 0) is 10.0 Å². The van der Waals surface area contributed by atoms with Gasteiger partial charge in [-0.05, 0) is 55.7 Å². The highest BCUT2D eigenvalue weighted by Crippen LogP contribution is 2.20. The summed E-state index contributed by atoms with van der Waals surface area (Å²) in [7, 11) is -3.52. The molecule has 0 aliphatic heterocycles. The van der Waals surface area contributed by atoms with Crippen LogP contribution in [0, 0.1) is 13.8 Å². The molecule has 2 aromatic carbocycles. The van der Waals surface area contributed by atoms with Gasteiger partial charge in [-0.3, -0.25) is 4.79 Å². The van der Waals surface area contributed by atoms with Crippen molar-refractivity contribution in [2.24, 2.45) is 0 Å². The second kappa shape index (κ2) is 7.59. The zero-order valence-corrected chi connectivity index (χ0v) is 14.9. The third-order valence-electron chi connectivity index (χ3n) is 3.69. The molecule has 2 aromatic rings. The van der Waals surface area contributed by atoms with Crippen LogP contribution in [0.15, 0.2) is 47.4 Å². The molecular weight excluding hydrogens is 324 g/mol. The minimum absolute atomic E-state index is 0.152. The number of benzene rings is 2. The van der Waals surface area contributed by atoms with Crippen molar-refractivity contribution in [3.63, 3.8) is 0 Å². The summed E-state index contributed by atoms with van der Waals surface area (Å²) in [6, 6.07) is 11.7. The Hall–Kier alpha value is -2.18. The molecule has 0 unspecified atom stereocenters. The Morgan fingerprint density at radius 2 is 1.58 bits per heavy atom. The van der Waals surface area contributed by atoms with Gasteiger partial charge < -0.3 is 5.32 Å². The van der Waals surface area contributed by atoms with Gasteiger partial charge in [-0.1, -0.05) is 25.1 Å². The SMILES string of the molecule is CCCNS(=O)(=O)c1ccc(C(=O)Nc2c(C)cccc2C)cc1. The van der Waals surface area contributed by atoms with Gasteiger partial charge in [-0.25, -0.2) is 13.1 Å². The molecule has 0 heterocycles. The lowest BCUT2D eigenvalue weighted by Crippen LogP contribution is -2.24. The third-order valence-corrected chi connectivity index (χ3v) is 5.17. The number of carbonyl (C=O) groups is 1. The number of amides is 1. The minimum Gasteiger partial charge on any atom is -0.322 e. The van der Waals surface area contributed by atoms with Crippen LogP contribution in [0.3, 0.4) is 0 Å². The highest BCUT2D eigenvalue weighted by atomic mass is 32.2. The van der Waals surface area contributed by atoms with Crippen LogP contribution in [0.4, 0.5) is 5.69 Å². The molecule has 0 aliphatic rings. The van der Waals surface area contributed by atoms with Crippen LogP contribution in [0.1, 0.15) is 34.8 Å². The standard InChI is InChI=1S/C18H22N2O3S/c1-4-12-19-24(22,23)16-10-8-15(9-11-16)18(21)20-17-13(2)6-5-7-14(17)3/h5-11,19H,4,12H2,1-3H3,(H,20,21). The molecule has 2 rings (SSSR count). The lowest BCUT2D eigenvalue weighted by molar-refractivity contribution is 0.102. The summed E-state index contributed by atoms with van der Waals surface area (Å²) in [5, 5.41) is 2.88. The summed E-state index contributed by atoms with van der Waals surface area (Å²) in [6.45, 7) is 6.13. The molecule has 128 valence electrons. The van der Waals surface area contributed by atoms with Crippen molar-refractivity contribution in [2.45, 2.75) is 32.1 Å². The first-order chi connectivity index (χ1) is 11.3. The molecule has 6 heteroatoms. The van der Waals surface area contributed by atoms with Crippen LogP contribution in [-0.4, -0.2) is 20.9 Å². The van der Waals surface area contributed by atoms with Crippen LogP contribution in [0.2, 0.25) is 0 Å². The first-order valence-electron chi connectivity index (χ1n) is 7.82. The van der Waals surface area contributed by atoms with Gasteiger partial charge in [0.1, 0.15) is 0 Å². The van der Waals surface area contributed by atoms with Gasteiger partial charge in [0.05, 0.1) is 4.90 Å². The van der Waals surface area contributed by atoms with Gasteiger partial charge in [-0.15, -0.1) is 0 Å². The van der Waals surface area contributed by atoms with Gasteiger partial charge in [-0.2, -0.15) is 0 Å². The molecule has 0 saturated carbocycles. The van der Waals surface area contributed by atoms with E-state index in [1.54, 1.807) is 0 Å². The van der Waals surface area contributed by atoms with Gasteiger partial charge >= 0.3 is 0 Å². The number of hydrogen-bond acceptors (Lipinski definition) is 3. The third kappa shape index (κ3) is 4.21. The van der Waals surface area contributed by atoms with Crippen LogP contribution in [0.5, 0.6) is 0 Å². The summed E-state index contributed by atoms with van der Waals surface area (Å²) in [4.78, 5) is 12.5. The first-order valence-corrected chi connectivity index (χ1v) is 9.30. The molecule has 0 fully saturated rings. The summed E-state index contributed by atoms with van der Waals surface area (Å²) in [5.41, 5.74) is 3.15. The van der Waals surface area contributed by atoms with Crippen molar-refractivity contribution in [3.8, 4) is 0 Å². The molecule has 24 heavy (non-hydrogen) atoms. The van der Waals surface area contributed by atoms with Crippen LogP contribution >= 0.6 is 0 Å². The highest BCUT2D eigenvalue weighted by molar-refractivity contribution is 7.89. The van der Waals surface area contributed by atoms with E-state index in [1.807, 2.05) is 39.0 Å². The second-order valence-electron chi connectivity index (χ2n) is 5.64. The number of hydrogen-bond donors (Lipinski definition) is 2. The number of rotatable bonds is 6. The van der Waals surface area contributed by atoms with E-state index in [9.17, 15) is 13.2 Å². The average molecular weight is 346 g/mol. The van der Waals surface area contributed by atoms with E-state index in [0.29, 0.717) is 12.1 Å².